The summed E-state index contributed by atoms with van der Waals surface area (Å²) in [5.74, 6) is -0.246. The Morgan fingerprint density at radius 2 is 2.13 bits per heavy atom. The van der Waals surface area contributed by atoms with Crippen molar-refractivity contribution in [2.45, 2.75) is 13.0 Å². The summed E-state index contributed by atoms with van der Waals surface area (Å²) < 4.78 is 2.69. The molecule has 0 fully saturated rings. The number of nitriles is 1. The van der Waals surface area contributed by atoms with E-state index in [4.69, 9.17) is 5.26 Å². The third-order valence-corrected chi connectivity index (χ3v) is 3.31. The highest BCUT2D eigenvalue weighted by atomic mass is 16.2. The first-order valence-electron chi connectivity index (χ1n) is 7.01. The summed E-state index contributed by atoms with van der Waals surface area (Å²) >= 11 is 0. The molecule has 0 aliphatic rings. The lowest BCUT2D eigenvalue weighted by Crippen LogP contribution is -2.24. The second-order valence-corrected chi connectivity index (χ2v) is 4.93. The summed E-state index contributed by atoms with van der Waals surface area (Å²) in [6.07, 6.45) is 1.75. The van der Waals surface area contributed by atoms with Crippen molar-refractivity contribution in [3.8, 4) is 6.07 Å². The Morgan fingerprint density at radius 3 is 2.91 bits per heavy atom. The molecule has 2 heterocycles. The summed E-state index contributed by atoms with van der Waals surface area (Å²) in [4.78, 5) is 24.0. The molecule has 1 N–H and O–H groups in total. The number of aryl methyl sites for hydroxylation is 1. The van der Waals surface area contributed by atoms with Crippen molar-refractivity contribution in [3.05, 3.63) is 64.7 Å². The molecule has 0 aliphatic heterocycles. The number of anilines is 1. The summed E-state index contributed by atoms with van der Waals surface area (Å²) in [7, 11) is 0. The maximum atomic E-state index is 12.1. The Hall–Kier alpha value is -3.40. The average Bonchev–Trinajstić information content (AvgIpc) is 2.90. The van der Waals surface area contributed by atoms with Crippen molar-refractivity contribution < 1.29 is 4.79 Å². The molecule has 7 nitrogen and oxygen atoms in total. The molecule has 2 aromatic heterocycles. The van der Waals surface area contributed by atoms with Crippen LogP contribution in [0.2, 0.25) is 0 Å². The minimum Gasteiger partial charge on any atom is -0.326 e. The van der Waals surface area contributed by atoms with Gasteiger partial charge in [0.1, 0.15) is 0 Å². The van der Waals surface area contributed by atoms with Crippen molar-refractivity contribution in [3.63, 3.8) is 0 Å². The number of rotatable bonds is 4. The van der Waals surface area contributed by atoms with Crippen LogP contribution in [0.25, 0.3) is 5.65 Å². The van der Waals surface area contributed by atoms with Gasteiger partial charge in [0.15, 0.2) is 5.65 Å². The van der Waals surface area contributed by atoms with E-state index in [9.17, 15) is 9.59 Å². The van der Waals surface area contributed by atoms with Crippen molar-refractivity contribution in [2.24, 2.45) is 0 Å². The first-order valence-corrected chi connectivity index (χ1v) is 7.01. The fourth-order valence-electron chi connectivity index (χ4n) is 2.21. The lowest BCUT2D eigenvalue weighted by atomic mass is 10.2. The van der Waals surface area contributed by atoms with Gasteiger partial charge in [0.2, 0.25) is 5.91 Å². The number of aromatic nitrogens is 3. The normalized spacial score (nSPS) is 10.4. The van der Waals surface area contributed by atoms with Gasteiger partial charge in [0.05, 0.1) is 18.2 Å². The van der Waals surface area contributed by atoms with E-state index in [2.05, 4.69) is 10.4 Å². The predicted molar refractivity (Wildman–Crippen MR) is 83.9 cm³/mol. The van der Waals surface area contributed by atoms with Crippen molar-refractivity contribution in [2.75, 3.05) is 5.32 Å². The Bertz CT molecular complexity index is 964. The molecule has 1 aromatic carbocycles. The van der Waals surface area contributed by atoms with Crippen molar-refractivity contribution in [1.82, 2.24) is 14.2 Å². The highest BCUT2D eigenvalue weighted by molar-refractivity contribution is 5.90. The number of nitrogens with one attached hydrogen (secondary N) is 1. The maximum Gasteiger partial charge on any atom is 0.350 e. The first-order chi connectivity index (χ1) is 11.2. The van der Waals surface area contributed by atoms with E-state index in [1.54, 1.807) is 48.7 Å². The second kappa shape index (κ2) is 6.15. The number of carbonyl (C=O) groups is 1. The maximum absolute atomic E-state index is 12.1. The lowest BCUT2D eigenvalue weighted by molar-refractivity contribution is -0.116. The van der Waals surface area contributed by atoms with Gasteiger partial charge in [-0.25, -0.2) is 9.48 Å². The standard InChI is InChI=1S/C16H13N5O2/c17-11-12-4-3-5-13(10-12)18-15(22)7-9-21-16(23)20-8-2-1-6-14(20)19-21/h1-6,8,10H,7,9H2,(H,18,22). The molecule has 0 atom stereocenters. The largest absolute Gasteiger partial charge is 0.350 e. The lowest BCUT2D eigenvalue weighted by Gasteiger charge is -2.05. The number of nitrogens with zero attached hydrogens (tertiary/aromatic N) is 4. The monoisotopic (exact) mass is 307 g/mol. The topological polar surface area (TPSA) is 92.2 Å². The number of fused-ring (bicyclic) bond motifs is 1. The van der Waals surface area contributed by atoms with Gasteiger partial charge in [-0.05, 0) is 30.3 Å². The van der Waals surface area contributed by atoms with E-state index in [1.165, 1.54) is 9.08 Å². The molecule has 0 radical (unpaired) electrons. The summed E-state index contributed by atoms with van der Waals surface area (Å²) in [5.41, 5.74) is 1.29. The molecule has 3 rings (SSSR count). The van der Waals surface area contributed by atoms with E-state index in [0.29, 0.717) is 16.9 Å². The molecule has 0 saturated carbocycles. The fourth-order valence-corrected chi connectivity index (χ4v) is 2.21. The van der Waals surface area contributed by atoms with Crippen LogP contribution in [0.5, 0.6) is 0 Å². The highest BCUT2D eigenvalue weighted by Crippen LogP contribution is 2.10. The SMILES string of the molecule is N#Cc1cccc(NC(=O)CCn2nc3ccccn3c2=O)c1. The fraction of sp³-hybridized carbons (Fsp3) is 0.125. The molecule has 23 heavy (non-hydrogen) atoms. The van der Waals surface area contributed by atoms with Crippen molar-refractivity contribution in [1.29, 1.82) is 5.26 Å². The third kappa shape index (κ3) is 3.11. The smallest absolute Gasteiger partial charge is 0.326 e. The Kier molecular flexibility index (Phi) is 3.89. The van der Waals surface area contributed by atoms with E-state index in [1.807, 2.05) is 6.07 Å². The van der Waals surface area contributed by atoms with Gasteiger partial charge in [0.25, 0.3) is 0 Å². The van der Waals surface area contributed by atoms with Crippen LogP contribution in [0, 0.1) is 11.3 Å². The molecule has 7 heteroatoms. The minimum absolute atomic E-state index is 0.112. The van der Waals surface area contributed by atoms with E-state index >= 15 is 0 Å². The number of pyridine rings is 1. The Balaban J connectivity index is 1.67. The molecule has 0 bridgehead atoms. The van der Waals surface area contributed by atoms with E-state index < -0.39 is 0 Å². The van der Waals surface area contributed by atoms with Gasteiger partial charge < -0.3 is 5.32 Å². The quantitative estimate of drug-likeness (QED) is 0.788. The van der Waals surface area contributed by atoms with Crippen LogP contribution in [0.1, 0.15) is 12.0 Å². The molecule has 3 aromatic rings. The number of benzene rings is 1. The second-order valence-electron chi connectivity index (χ2n) is 4.93. The van der Waals surface area contributed by atoms with Gasteiger partial charge in [-0.3, -0.25) is 9.20 Å². The molecule has 0 saturated heterocycles. The van der Waals surface area contributed by atoms with Crippen LogP contribution in [0.15, 0.2) is 53.5 Å². The predicted octanol–water partition coefficient (Wildman–Crippen LogP) is 1.40. The van der Waals surface area contributed by atoms with Gasteiger partial charge in [0, 0.05) is 18.3 Å². The summed E-state index contributed by atoms with van der Waals surface area (Å²) in [6.45, 7) is 0.185. The molecule has 0 spiro atoms. The zero-order chi connectivity index (χ0) is 16.2. The van der Waals surface area contributed by atoms with Gasteiger partial charge >= 0.3 is 5.69 Å². The average molecular weight is 307 g/mol. The van der Waals surface area contributed by atoms with E-state index in [0.717, 1.165) is 0 Å². The number of amides is 1. The van der Waals surface area contributed by atoms with Crippen LogP contribution in [-0.2, 0) is 11.3 Å². The zero-order valence-electron chi connectivity index (χ0n) is 12.1. The molecule has 0 unspecified atom stereocenters. The van der Waals surface area contributed by atoms with E-state index in [-0.39, 0.29) is 24.6 Å². The summed E-state index contributed by atoms with van der Waals surface area (Å²) in [6, 6.07) is 13.9. The molecular formula is C16H13N5O2. The number of carbonyl (C=O) groups excluding carboxylic acids is 1. The van der Waals surface area contributed by atoms with Crippen LogP contribution >= 0.6 is 0 Å². The van der Waals surface area contributed by atoms with Gasteiger partial charge in [-0.15, -0.1) is 5.10 Å². The molecule has 0 aliphatic carbocycles. The zero-order valence-corrected chi connectivity index (χ0v) is 12.1. The van der Waals surface area contributed by atoms with Gasteiger partial charge in [-0.2, -0.15) is 5.26 Å². The van der Waals surface area contributed by atoms with Gasteiger partial charge in [-0.1, -0.05) is 12.1 Å². The Morgan fingerprint density at radius 1 is 1.26 bits per heavy atom. The molecule has 1 amide bonds. The van der Waals surface area contributed by atoms with Crippen LogP contribution in [0.4, 0.5) is 5.69 Å². The highest BCUT2D eigenvalue weighted by Gasteiger charge is 2.08. The number of hydrogen-bond acceptors (Lipinski definition) is 4. The first kappa shape index (κ1) is 14.5. The summed E-state index contributed by atoms with van der Waals surface area (Å²) in [5, 5.41) is 15.7. The van der Waals surface area contributed by atoms with Crippen LogP contribution < -0.4 is 11.0 Å². The molecular weight excluding hydrogens is 294 g/mol. The number of hydrogen-bond donors (Lipinski definition) is 1. The minimum atomic E-state index is -0.278. The van der Waals surface area contributed by atoms with Crippen molar-refractivity contribution >= 4 is 17.2 Å². The van der Waals surface area contributed by atoms with Crippen LogP contribution in [0.3, 0.4) is 0 Å². The molecule has 114 valence electrons. The third-order valence-electron chi connectivity index (χ3n) is 3.31. The van der Waals surface area contributed by atoms with Crippen LogP contribution in [-0.4, -0.2) is 20.1 Å². The Labute approximate surface area is 131 Å².